The molecule has 0 aromatic heterocycles. The van der Waals surface area contributed by atoms with E-state index in [1.54, 1.807) is 31.3 Å². The van der Waals surface area contributed by atoms with Crippen molar-refractivity contribution in [2.75, 3.05) is 25.0 Å². The Balaban J connectivity index is 2.33. The molecule has 1 aromatic rings. The van der Waals surface area contributed by atoms with E-state index in [0.29, 0.717) is 11.3 Å². The highest BCUT2D eigenvalue weighted by Gasteiger charge is 2.29. The fraction of sp³-hybridized carbons (Fsp3) is 0.333. The molecule has 5 heteroatoms. The molecule has 0 unspecified atom stereocenters. The number of amides is 2. The lowest BCUT2D eigenvalue weighted by molar-refractivity contribution is -0.136. The van der Waals surface area contributed by atoms with E-state index in [0.717, 1.165) is 0 Å². The van der Waals surface area contributed by atoms with Crippen molar-refractivity contribution < 1.29 is 14.7 Å². The number of piperazine rings is 1. The Bertz CT molecular complexity index is 459. The fourth-order valence-corrected chi connectivity index (χ4v) is 1.85. The summed E-state index contributed by atoms with van der Waals surface area (Å²) in [6.07, 6.45) is 0. The van der Waals surface area contributed by atoms with Crippen LogP contribution >= 0.6 is 0 Å². The Morgan fingerprint density at radius 3 is 2.59 bits per heavy atom. The van der Waals surface area contributed by atoms with Crippen molar-refractivity contribution in [2.24, 2.45) is 0 Å². The van der Waals surface area contributed by atoms with Gasteiger partial charge in [-0.1, -0.05) is 18.2 Å². The van der Waals surface area contributed by atoms with Gasteiger partial charge in [0.1, 0.15) is 6.54 Å². The molecule has 1 N–H and O–H groups in total. The smallest absolute Gasteiger partial charge is 0.247 e. The van der Waals surface area contributed by atoms with E-state index >= 15 is 0 Å². The zero-order valence-electron chi connectivity index (χ0n) is 9.59. The third-order valence-electron chi connectivity index (χ3n) is 2.85. The summed E-state index contributed by atoms with van der Waals surface area (Å²) in [5, 5.41) is 9.22. The first-order valence-electron chi connectivity index (χ1n) is 5.36. The maximum Gasteiger partial charge on any atom is 0.247 e. The van der Waals surface area contributed by atoms with Crippen molar-refractivity contribution in [3.63, 3.8) is 0 Å². The largest absolute Gasteiger partial charge is 0.392 e. The Morgan fingerprint density at radius 2 is 1.88 bits per heavy atom. The van der Waals surface area contributed by atoms with Crippen molar-refractivity contribution >= 4 is 17.5 Å². The molecule has 0 radical (unpaired) electrons. The molecule has 0 atom stereocenters. The second kappa shape index (κ2) is 4.55. The monoisotopic (exact) mass is 234 g/mol. The van der Waals surface area contributed by atoms with Crippen LogP contribution in [-0.2, 0) is 16.2 Å². The van der Waals surface area contributed by atoms with Gasteiger partial charge in [0.2, 0.25) is 11.8 Å². The lowest BCUT2D eigenvalue weighted by Gasteiger charge is -2.32. The van der Waals surface area contributed by atoms with Crippen molar-refractivity contribution in [1.82, 2.24) is 4.90 Å². The number of aliphatic hydroxyl groups is 1. The van der Waals surface area contributed by atoms with Gasteiger partial charge in [-0.3, -0.25) is 9.59 Å². The molecule has 2 amide bonds. The molecule has 1 fully saturated rings. The summed E-state index contributed by atoms with van der Waals surface area (Å²) < 4.78 is 0. The summed E-state index contributed by atoms with van der Waals surface area (Å²) in [6.45, 7) is -0.0328. The molecule has 17 heavy (non-hydrogen) atoms. The number of rotatable bonds is 2. The molecule has 1 aliphatic heterocycles. The quantitative estimate of drug-likeness (QED) is 0.782. The van der Waals surface area contributed by atoms with Crippen LogP contribution in [0.3, 0.4) is 0 Å². The molecular formula is C12H14N2O3. The van der Waals surface area contributed by atoms with Gasteiger partial charge in [-0.15, -0.1) is 0 Å². The Labute approximate surface area is 99.3 Å². The highest BCUT2D eigenvalue weighted by atomic mass is 16.3. The van der Waals surface area contributed by atoms with Gasteiger partial charge in [0.25, 0.3) is 0 Å². The molecule has 1 aliphatic rings. The summed E-state index contributed by atoms with van der Waals surface area (Å²) in [4.78, 5) is 26.3. The average Bonchev–Trinajstić information content (AvgIpc) is 2.34. The Morgan fingerprint density at radius 1 is 1.18 bits per heavy atom. The first kappa shape index (κ1) is 11.6. The van der Waals surface area contributed by atoms with Gasteiger partial charge in [-0.2, -0.15) is 0 Å². The van der Waals surface area contributed by atoms with Gasteiger partial charge in [-0.25, -0.2) is 0 Å². The van der Waals surface area contributed by atoms with Gasteiger partial charge in [0.15, 0.2) is 0 Å². The minimum absolute atomic E-state index is 0.0341. The first-order chi connectivity index (χ1) is 8.13. The Kier molecular flexibility index (Phi) is 3.10. The number of para-hydroxylation sites is 1. The van der Waals surface area contributed by atoms with Gasteiger partial charge in [0, 0.05) is 18.3 Å². The second-order valence-electron chi connectivity index (χ2n) is 4.02. The van der Waals surface area contributed by atoms with E-state index in [2.05, 4.69) is 0 Å². The molecule has 0 aliphatic carbocycles. The summed E-state index contributed by atoms with van der Waals surface area (Å²) in [5.74, 6) is -0.231. The van der Waals surface area contributed by atoms with Gasteiger partial charge in [0.05, 0.1) is 13.2 Å². The number of benzene rings is 1. The average molecular weight is 234 g/mol. The molecule has 1 aromatic carbocycles. The number of anilines is 1. The number of likely N-dealkylation sites (N-methyl/N-ethyl adjacent to an activating group) is 1. The lowest BCUT2D eigenvalue weighted by Crippen LogP contribution is -2.52. The van der Waals surface area contributed by atoms with Crippen LogP contribution in [-0.4, -0.2) is 42.0 Å². The third-order valence-corrected chi connectivity index (χ3v) is 2.85. The molecule has 90 valence electrons. The molecule has 5 nitrogen and oxygen atoms in total. The summed E-state index contributed by atoms with van der Waals surface area (Å²) in [5.41, 5.74) is 1.26. The summed E-state index contributed by atoms with van der Waals surface area (Å²) >= 11 is 0. The van der Waals surface area contributed by atoms with Crippen LogP contribution in [0.25, 0.3) is 0 Å². The second-order valence-corrected chi connectivity index (χ2v) is 4.02. The predicted octanol–water partition coefficient (Wildman–Crippen LogP) is -0.0161. The van der Waals surface area contributed by atoms with Crippen LogP contribution in [0.15, 0.2) is 24.3 Å². The maximum absolute atomic E-state index is 11.9. The van der Waals surface area contributed by atoms with Crippen LogP contribution in [0.4, 0.5) is 5.69 Å². The summed E-state index contributed by atoms with van der Waals surface area (Å²) in [6, 6.07) is 7.05. The molecule has 0 bridgehead atoms. The number of hydrogen-bond acceptors (Lipinski definition) is 3. The first-order valence-corrected chi connectivity index (χ1v) is 5.36. The lowest BCUT2D eigenvalue weighted by atomic mass is 10.1. The summed E-state index contributed by atoms with van der Waals surface area (Å²) in [7, 11) is 1.61. The van der Waals surface area contributed by atoms with Gasteiger partial charge in [-0.05, 0) is 6.07 Å². The third kappa shape index (κ3) is 2.14. The molecule has 1 heterocycles. The van der Waals surface area contributed by atoms with Crippen LogP contribution in [0.1, 0.15) is 5.56 Å². The van der Waals surface area contributed by atoms with Crippen LogP contribution < -0.4 is 4.90 Å². The van der Waals surface area contributed by atoms with Crippen LogP contribution in [0.2, 0.25) is 0 Å². The van der Waals surface area contributed by atoms with E-state index in [4.69, 9.17) is 0 Å². The van der Waals surface area contributed by atoms with Gasteiger partial charge < -0.3 is 14.9 Å². The molecule has 2 rings (SSSR count). The van der Waals surface area contributed by atoms with E-state index < -0.39 is 0 Å². The zero-order chi connectivity index (χ0) is 12.4. The standard InChI is InChI=1S/C12H14N2O3/c1-13-6-12(17)14(7-11(13)16)10-5-3-2-4-9(10)8-15/h2-5,15H,6-8H2,1H3. The minimum Gasteiger partial charge on any atom is -0.392 e. The number of nitrogens with zero attached hydrogens (tertiary/aromatic N) is 2. The minimum atomic E-state index is -0.149. The van der Waals surface area contributed by atoms with Gasteiger partial charge >= 0.3 is 0 Å². The van der Waals surface area contributed by atoms with E-state index in [9.17, 15) is 14.7 Å². The van der Waals surface area contributed by atoms with Crippen molar-refractivity contribution in [2.45, 2.75) is 6.61 Å². The molecule has 0 spiro atoms. The molecule has 0 saturated carbocycles. The highest BCUT2D eigenvalue weighted by molar-refractivity contribution is 6.04. The van der Waals surface area contributed by atoms with Crippen molar-refractivity contribution in [3.05, 3.63) is 29.8 Å². The zero-order valence-corrected chi connectivity index (χ0v) is 9.59. The van der Waals surface area contributed by atoms with E-state index in [1.165, 1.54) is 9.80 Å². The van der Waals surface area contributed by atoms with Crippen molar-refractivity contribution in [3.8, 4) is 0 Å². The maximum atomic E-state index is 11.9. The number of aliphatic hydroxyl groups excluding tert-OH is 1. The van der Waals surface area contributed by atoms with E-state index in [1.807, 2.05) is 0 Å². The molecule has 1 saturated heterocycles. The van der Waals surface area contributed by atoms with Crippen LogP contribution in [0, 0.1) is 0 Å². The number of carbonyl (C=O) groups excluding carboxylic acids is 2. The topological polar surface area (TPSA) is 60.9 Å². The highest BCUT2D eigenvalue weighted by Crippen LogP contribution is 2.22. The van der Waals surface area contributed by atoms with Crippen LogP contribution in [0.5, 0.6) is 0 Å². The Hall–Kier alpha value is -1.88. The fourth-order valence-electron chi connectivity index (χ4n) is 1.85. The van der Waals surface area contributed by atoms with Crippen molar-refractivity contribution in [1.29, 1.82) is 0 Å². The normalized spacial score (nSPS) is 16.6. The predicted molar refractivity (Wildman–Crippen MR) is 62.4 cm³/mol. The number of hydrogen-bond donors (Lipinski definition) is 1. The van der Waals surface area contributed by atoms with E-state index in [-0.39, 0.29) is 31.5 Å². The number of carbonyl (C=O) groups is 2. The molecular weight excluding hydrogens is 220 g/mol. The SMILES string of the molecule is CN1CC(=O)N(c2ccccc2CO)CC1=O.